The first-order valence-corrected chi connectivity index (χ1v) is 6.30. The molecule has 0 aliphatic rings. The molecule has 2 aromatic carbocycles. The summed E-state index contributed by atoms with van der Waals surface area (Å²) in [5.74, 6) is 0.865. The van der Waals surface area contributed by atoms with Crippen molar-refractivity contribution in [3.63, 3.8) is 0 Å². The van der Waals surface area contributed by atoms with Gasteiger partial charge in [0.25, 0.3) is 0 Å². The standard InChI is InChI=1S/C16H16N2O/c1-19-14-6-4-5-13(9-14)17-10-12-11-18-16-8-3-2-7-15(12)16/h2-9,11,17-18H,10H2,1H3. The van der Waals surface area contributed by atoms with Crippen molar-refractivity contribution < 1.29 is 4.74 Å². The van der Waals surface area contributed by atoms with Gasteiger partial charge in [-0.05, 0) is 23.8 Å². The zero-order chi connectivity index (χ0) is 13.1. The lowest BCUT2D eigenvalue weighted by Crippen LogP contribution is -1.98. The molecule has 0 aliphatic carbocycles. The Morgan fingerprint density at radius 1 is 1.11 bits per heavy atom. The highest BCUT2D eigenvalue weighted by atomic mass is 16.5. The lowest BCUT2D eigenvalue weighted by molar-refractivity contribution is 0.415. The summed E-state index contributed by atoms with van der Waals surface area (Å²) in [5.41, 5.74) is 3.49. The molecule has 0 unspecified atom stereocenters. The third-order valence-corrected chi connectivity index (χ3v) is 3.23. The molecular formula is C16H16N2O. The minimum absolute atomic E-state index is 0.789. The molecule has 0 saturated heterocycles. The summed E-state index contributed by atoms with van der Waals surface area (Å²) in [6.45, 7) is 0.789. The largest absolute Gasteiger partial charge is 0.497 e. The number of benzene rings is 2. The lowest BCUT2D eigenvalue weighted by Gasteiger charge is -2.07. The molecule has 0 spiro atoms. The van der Waals surface area contributed by atoms with Gasteiger partial charge in [-0.25, -0.2) is 0 Å². The van der Waals surface area contributed by atoms with Gasteiger partial charge in [0.15, 0.2) is 0 Å². The number of rotatable bonds is 4. The fraction of sp³-hybridized carbons (Fsp3) is 0.125. The summed E-state index contributed by atoms with van der Waals surface area (Å²) in [6, 6.07) is 16.3. The van der Waals surface area contributed by atoms with E-state index in [4.69, 9.17) is 4.74 Å². The van der Waals surface area contributed by atoms with E-state index >= 15 is 0 Å². The number of hydrogen-bond donors (Lipinski definition) is 2. The molecule has 0 atom stereocenters. The van der Waals surface area contributed by atoms with Crippen LogP contribution < -0.4 is 10.1 Å². The molecule has 19 heavy (non-hydrogen) atoms. The smallest absolute Gasteiger partial charge is 0.120 e. The Morgan fingerprint density at radius 2 is 2.00 bits per heavy atom. The topological polar surface area (TPSA) is 37.0 Å². The molecule has 0 saturated carbocycles. The van der Waals surface area contributed by atoms with E-state index in [1.165, 1.54) is 16.5 Å². The maximum Gasteiger partial charge on any atom is 0.120 e. The molecule has 1 heterocycles. The highest BCUT2D eigenvalue weighted by Crippen LogP contribution is 2.21. The molecule has 3 nitrogen and oxygen atoms in total. The van der Waals surface area contributed by atoms with Crippen LogP contribution in [0.25, 0.3) is 10.9 Å². The van der Waals surface area contributed by atoms with Gasteiger partial charge in [0, 0.05) is 35.4 Å². The van der Waals surface area contributed by atoms with Crippen LogP contribution in [0.2, 0.25) is 0 Å². The van der Waals surface area contributed by atoms with Gasteiger partial charge in [0.05, 0.1) is 7.11 Å². The van der Waals surface area contributed by atoms with Crippen molar-refractivity contribution >= 4 is 16.6 Å². The third kappa shape index (κ3) is 2.40. The summed E-state index contributed by atoms with van der Waals surface area (Å²) in [4.78, 5) is 3.28. The van der Waals surface area contributed by atoms with Crippen LogP contribution in [0, 0.1) is 0 Å². The van der Waals surface area contributed by atoms with E-state index in [1.54, 1.807) is 7.11 Å². The van der Waals surface area contributed by atoms with Crippen molar-refractivity contribution in [2.24, 2.45) is 0 Å². The number of H-pyrrole nitrogens is 1. The Bertz CT molecular complexity index is 688. The van der Waals surface area contributed by atoms with Gasteiger partial charge in [-0.15, -0.1) is 0 Å². The average molecular weight is 252 g/mol. The molecular weight excluding hydrogens is 236 g/mol. The molecule has 2 N–H and O–H groups in total. The second-order valence-electron chi connectivity index (χ2n) is 4.45. The van der Waals surface area contributed by atoms with Gasteiger partial charge in [-0.1, -0.05) is 24.3 Å². The van der Waals surface area contributed by atoms with Crippen molar-refractivity contribution in [1.29, 1.82) is 0 Å². The van der Waals surface area contributed by atoms with E-state index in [2.05, 4.69) is 34.7 Å². The number of methoxy groups -OCH3 is 1. The Labute approximate surface area is 112 Å². The molecule has 0 aliphatic heterocycles. The maximum atomic E-state index is 5.22. The van der Waals surface area contributed by atoms with Crippen LogP contribution in [0.4, 0.5) is 5.69 Å². The highest BCUT2D eigenvalue weighted by molar-refractivity contribution is 5.83. The molecule has 0 fully saturated rings. The summed E-state index contributed by atoms with van der Waals surface area (Å²) in [5, 5.41) is 4.68. The van der Waals surface area contributed by atoms with Gasteiger partial charge in [-0.3, -0.25) is 0 Å². The second kappa shape index (κ2) is 5.06. The third-order valence-electron chi connectivity index (χ3n) is 3.23. The number of aromatic nitrogens is 1. The number of anilines is 1. The lowest BCUT2D eigenvalue weighted by atomic mass is 10.2. The fourth-order valence-corrected chi connectivity index (χ4v) is 2.21. The maximum absolute atomic E-state index is 5.22. The SMILES string of the molecule is COc1cccc(NCc2c[nH]c3ccccc23)c1. The van der Waals surface area contributed by atoms with Gasteiger partial charge < -0.3 is 15.0 Å². The zero-order valence-electron chi connectivity index (χ0n) is 10.8. The van der Waals surface area contributed by atoms with E-state index in [0.717, 1.165) is 18.0 Å². The van der Waals surface area contributed by atoms with Gasteiger partial charge >= 0.3 is 0 Å². The molecule has 0 radical (unpaired) electrons. The molecule has 1 aromatic heterocycles. The second-order valence-corrected chi connectivity index (χ2v) is 4.45. The summed E-state index contributed by atoms with van der Waals surface area (Å²) < 4.78 is 5.22. The minimum atomic E-state index is 0.789. The van der Waals surface area contributed by atoms with E-state index in [0.29, 0.717) is 0 Å². The first-order valence-electron chi connectivity index (χ1n) is 6.30. The molecule has 0 bridgehead atoms. The van der Waals surface area contributed by atoms with Crippen molar-refractivity contribution in [1.82, 2.24) is 4.98 Å². The molecule has 0 amide bonds. The fourth-order valence-electron chi connectivity index (χ4n) is 2.21. The number of fused-ring (bicyclic) bond motifs is 1. The van der Waals surface area contributed by atoms with Crippen molar-refractivity contribution in [3.8, 4) is 5.75 Å². The monoisotopic (exact) mass is 252 g/mol. The summed E-state index contributed by atoms with van der Waals surface area (Å²) in [7, 11) is 1.68. The van der Waals surface area contributed by atoms with Crippen LogP contribution in [0.1, 0.15) is 5.56 Å². The first kappa shape index (κ1) is 11.7. The molecule has 3 aromatic rings. The van der Waals surface area contributed by atoms with Crippen molar-refractivity contribution in [3.05, 3.63) is 60.3 Å². The van der Waals surface area contributed by atoms with Crippen LogP contribution in [-0.4, -0.2) is 12.1 Å². The van der Waals surface area contributed by atoms with Gasteiger partial charge in [0.1, 0.15) is 5.75 Å². The van der Waals surface area contributed by atoms with Gasteiger partial charge in [-0.2, -0.15) is 0 Å². The average Bonchev–Trinajstić information content (AvgIpc) is 2.89. The van der Waals surface area contributed by atoms with E-state index in [-0.39, 0.29) is 0 Å². The number of aromatic amines is 1. The number of nitrogens with one attached hydrogen (secondary N) is 2. The van der Waals surface area contributed by atoms with E-state index in [1.807, 2.05) is 30.3 Å². The Kier molecular flexibility index (Phi) is 3.11. The highest BCUT2D eigenvalue weighted by Gasteiger charge is 2.02. The zero-order valence-corrected chi connectivity index (χ0v) is 10.8. The Morgan fingerprint density at radius 3 is 2.89 bits per heavy atom. The van der Waals surface area contributed by atoms with Crippen LogP contribution >= 0.6 is 0 Å². The predicted molar refractivity (Wildman–Crippen MR) is 78.6 cm³/mol. The van der Waals surface area contributed by atoms with Crippen LogP contribution in [0.5, 0.6) is 5.75 Å². The first-order chi connectivity index (χ1) is 9.36. The summed E-state index contributed by atoms with van der Waals surface area (Å²) in [6.07, 6.45) is 2.05. The van der Waals surface area contributed by atoms with E-state index in [9.17, 15) is 0 Å². The summed E-state index contributed by atoms with van der Waals surface area (Å²) >= 11 is 0. The molecule has 96 valence electrons. The molecule has 3 rings (SSSR count). The number of para-hydroxylation sites is 1. The molecule has 3 heteroatoms. The van der Waals surface area contributed by atoms with Crippen LogP contribution in [0.3, 0.4) is 0 Å². The normalized spacial score (nSPS) is 10.6. The van der Waals surface area contributed by atoms with Crippen molar-refractivity contribution in [2.45, 2.75) is 6.54 Å². The Hall–Kier alpha value is -2.42. The van der Waals surface area contributed by atoms with Crippen LogP contribution in [0.15, 0.2) is 54.7 Å². The van der Waals surface area contributed by atoms with Crippen molar-refractivity contribution in [2.75, 3.05) is 12.4 Å². The number of ether oxygens (including phenoxy) is 1. The Balaban J connectivity index is 1.78. The number of hydrogen-bond acceptors (Lipinski definition) is 2. The predicted octanol–water partition coefficient (Wildman–Crippen LogP) is 3.79. The van der Waals surface area contributed by atoms with Gasteiger partial charge in [0.2, 0.25) is 0 Å². The van der Waals surface area contributed by atoms with E-state index < -0.39 is 0 Å². The quantitative estimate of drug-likeness (QED) is 0.741. The van der Waals surface area contributed by atoms with Crippen LogP contribution in [-0.2, 0) is 6.54 Å². The minimum Gasteiger partial charge on any atom is -0.497 e.